The normalized spacial score (nSPS) is 10.4. The Morgan fingerprint density at radius 3 is 2.40 bits per heavy atom. The summed E-state index contributed by atoms with van der Waals surface area (Å²) >= 11 is 0. The van der Waals surface area contributed by atoms with Gasteiger partial charge in [-0.1, -0.05) is 19.9 Å². The van der Waals surface area contributed by atoms with Crippen molar-refractivity contribution in [3.05, 3.63) is 33.9 Å². The minimum absolute atomic E-state index is 0.0156. The molecule has 0 atom stereocenters. The van der Waals surface area contributed by atoms with E-state index >= 15 is 0 Å². The summed E-state index contributed by atoms with van der Waals surface area (Å²) in [6, 6.07) is 3.76. The number of hydrogen-bond acceptors (Lipinski definition) is 6. The number of carbonyl (C=O) groups is 2. The number of nitrogens with zero attached hydrogens (tertiary/aromatic N) is 3. The molecule has 0 aromatic heterocycles. The number of benzene rings is 1. The van der Waals surface area contributed by atoms with Crippen LogP contribution in [0.4, 0.5) is 10.5 Å². The van der Waals surface area contributed by atoms with Crippen LogP contribution in [-0.4, -0.2) is 59.0 Å². The molecule has 0 aliphatic carbocycles. The summed E-state index contributed by atoms with van der Waals surface area (Å²) in [4.78, 5) is 36.6. The molecule has 0 fully saturated rings. The number of nitro benzene ring substituents is 1. The minimum Gasteiger partial charge on any atom is -0.502 e. The highest BCUT2D eigenvalue weighted by Gasteiger charge is 2.17. The van der Waals surface area contributed by atoms with E-state index in [1.165, 1.54) is 29.0 Å². The van der Waals surface area contributed by atoms with Crippen LogP contribution in [0.1, 0.15) is 19.4 Å². The largest absolute Gasteiger partial charge is 0.502 e. The van der Waals surface area contributed by atoms with Crippen molar-refractivity contribution in [1.29, 1.82) is 0 Å². The fraction of sp³-hybridized carbons (Fsp3) is 0.500. The number of carbonyl (C=O) groups excluding carboxylic acids is 2. The van der Waals surface area contributed by atoms with Gasteiger partial charge < -0.3 is 19.6 Å². The number of phenolic OH excluding ortho intramolecular Hbond substituents is 1. The molecule has 1 N–H and O–H groups in total. The van der Waals surface area contributed by atoms with Crippen molar-refractivity contribution in [3.63, 3.8) is 0 Å². The van der Waals surface area contributed by atoms with Gasteiger partial charge in [-0.15, -0.1) is 0 Å². The molecule has 0 bridgehead atoms. The molecular formula is C16H23N3O6. The molecule has 0 aliphatic heterocycles. The van der Waals surface area contributed by atoms with Crippen LogP contribution in [0.15, 0.2) is 18.2 Å². The lowest BCUT2D eigenvalue weighted by Crippen LogP contribution is -2.39. The van der Waals surface area contributed by atoms with Gasteiger partial charge in [0.25, 0.3) is 0 Å². The number of ether oxygens (including phenoxy) is 1. The Morgan fingerprint density at radius 1 is 1.24 bits per heavy atom. The molecule has 1 aromatic carbocycles. The fourth-order valence-electron chi connectivity index (χ4n) is 2.00. The third-order valence-corrected chi connectivity index (χ3v) is 3.55. The number of nitro groups is 1. The van der Waals surface area contributed by atoms with Crippen LogP contribution in [-0.2, 0) is 16.1 Å². The first-order valence-electron chi connectivity index (χ1n) is 7.72. The number of hydrogen-bond donors (Lipinski definition) is 1. The second kappa shape index (κ2) is 8.86. The molecule has 0 radical (unpaired) electrons. The molecule has 0 saturated carbocycles. The second-order valence-corrected chi connectivity index (χ2v) is 5.97. The zero-order chi connectivity index (χ0) is 19.1. The van der Waals surface area contributed by atoms with Gasteiger partial charge in [0.2, 0.25) is 5.91 Å². The van der Waals surface area contributed by atoms with Crippen molar-refractivity contribution < 1.29 is 24.4 Å². The zero-order valence-electron chi connectivity index (χ0n) is 14.8. The smallest absolute Gasteiger partial charge is 0.409 e. The highest BCUT2D eigenvalue weighted by Crippen LogP contribution is 2.26. The van der Waals surface area contributed by atoms with Gasteiger partial charge >= 0.3 is 11.8 Å². The number of likely N-dealkylation sites (N-methyl/N-ethyl adjacent to an activating group) is 2. The van der Waals surface area contributed by atoms with E-state index in [0.29, 0.717) is 18.7 Å². The molecule has 25 heavy (non-hydrogen) atoms. The molecule has 0 saturated heterocycles. The van der Waals surface area contributed by atoms with Crippen LogP contribution in [0.25, 0.3) is 0 Å². The average molecular weight is 353 g/mol. The first kappa shape index (κ1) is 20.2. The lowest BCUT2D eigenvalue weighted by Gasteiger charge is -2.23. The van der Waals surface area contributed by atoms with Crippen molar-refractivity contribution in [2.45, 2.75) is 20.5 Å². The van der Waals surface area contributed by atoms with Gasteiger partial charge in [-0.2, -0.15) is 0 Å². The fourth-order valence-corrected chi connectivity index (χ4v) is 2.00. The molecule has 9 heteroatoms. The zero-order valence-corrected chi connectivity index (χ0v) is 14.8. The quantitative estimate of drug-likeness (QED) is 0.592. The van der Waals surface area contributed by atoms with Gasteiger partial charge in [-0.05, 0) is 11.6 Å². The molecule has 1 aromatic rings. The van der Waals surface area contributed by atoms with E-state index in [4.69, 9.17) is 4.74 Å². The van der Waals surface area contributed by atoms with Crippen molar-refractivity contribution in [1.82, 2.24) is 9.80 Å². The Balaban J connectivity index is 2.52. The minimum atomic E-state index is -0.714. The summed E-state index contributed by atoms with van der Waals surface area (Å²) in [5.41, 5.74) is -0.0610. The summed E-state index contributed by atoms with van der Waals surface area (Å²) in [5, 5.41) is 20.2. The van der Waals surface area contributed by atoms with Crippen LogP contribution < -0.4 is 0 Å². The Bertz CT molecular complexity index is 647. The van der Waals surface area contributed by atoms with Crippen LogP contribution in [0, 0.1) is 16.0 Å². The molecule has 9 nitrogen and oxygen atoms in total. The SMILES string of the molecule is CC(C)C(=O)N(C)CCN(C)C(=O)OCc1ccc(O)c([N+](=O)[O-])c1. The Hall–Kier alpha value is -2.84. The highest BCUT2D eigenvalue weighted by molar-refractivity contribution is 5.77. The first-order valence-corrected chi connectivity index (χ1v) is 7.72. The third kappa shape index (κ3) is 5.94. The Morgan fingerprint density at radius 2 is 1.84 bits per heavy atom. The summed E-state index contributed by atoms with van der Waals surface area (Å²) in [6.07, 6.45) is -0.610. The van der Waals surface area contributed by atoms with Crippen molar-refractivity contribution in [2.75, 3.05) is 27.2 Å². The first-order chi connectivity index (χ1) is 11.6. The molecule has 2 amide bonds. The maximum Gasteiger partial charge on any atom is 0.409 e. The van der Waals surface area contributed by atoms with E-state index in [-0.39, 0.29) is 18.4 Å². The van der Waals surface area contributed by atoms with E-state index in [0.717, 1.165) is 6.07 Å². The molecule has 0 unspecified atom stereocenters. The van der Waals surface area contributed by atoms with E-state index in [1.54, 1.807) is 20.9 Å². The lowest BCUT2D eigenvalue weighted by atomic mass is 10.2. The number of aromatic hydroxyl groups is 1. The van der Waals surface area contributed by atoms with Crippen LogP contribution in [0.5, 0.6) is 5.75 Å². The lowest BCUT2D eigenvalue weighted by molar-refractivity contribution is -0.385. The molecular weight excluding hydrogens is 330 g/mol. The van der Waals surface area contributed by atoms with E-state index in [2.05, 4.69) is 0 Å². The van der Waals surface area contributed by atoms with Crippen molar-refractivity contribution >= 4 is 17.7 Å². The number of rotatable bonds is 7. The standard InChI is InChI=1S/C16H23N3O6/c1-11(2)15(21)17(3)7-8-18(4)16(22)25-10-12-5-6-14(20)13(9-12)19(23)24/h5-6,9,11,20H,7-8,10H2,1-4H3. The van der Waals surface area contributed by atoms with Gasteiger partial charge in [-0.3, -0.25) is 14.9 Å². The summed E-state index contributed by atoms with van der Waals surface area (Å²) in [6.45, 7) is 4.10. The van der Waals surface area contributed by atoms with E-state index < -0.39 is 22.5 Å². The maximum absolute atomic E-state index is 11.9. The highest BCUT2D eigenvalue weighted by atomic mass is 16.6. The Kier molecular flexibility index (Phi) is 7.16. The van der Waals surface area contributed by atoms with Gasteiger partial charge in [-0.25, -0.2) is 4.79 Å². The monoisotopic (exact) mass is 353 g/mol. The molecule has 138 valence electrons. The Labute approximate surface area is 145 Å². The topological polar surface area (TPSA) is 113 Å². The summed E-state index contributed by atoms with van der Waals surface area (Å²) in [7, 11) is 3.20. The summed E-state index contributed by atoms with van der Waals surface area (Å²) < 4.78 is 5.08. The maximum atomic E-state index is 11.9. The molecule has 0 spiro atoms. The van der Waals surface area contributed by atoms with Gasteiger partial charge in [0, 0.05) is 39.2 Å². The second-order valence-electron chi connectivity index (χ2n) is 5.97. The molecule has 0 aliphatic rings. The molecule has 0 heterocycles. The third-order valence-electron chi connectivity index (χ3n) is 3.55. The van der Waals surface area contributed by atoms with Crippen molar-refractivity contribution in [3.8, 4) is 5.75 Å². The average Bonchev–Trinajstić information content (AvgIpc) is 2.56. The predicted molar refractivity (Wildman–Crippen MR) is 90.1 cm³/mol. The number of phenols is 1. The van der Waals surface area contributed by atoms with Crippen molar-refractivity contribution in [2.24, 2.45) is 5.92 Å². The molecule has 1 rings (SSSR count). The van der Waals surface area contributed by atoms with Gasteiger partial charge in [0.15, 0.2) is 5.75 Å². The van der Waals surface area contributed by atoms with Gasteiger partial charge in [0.05, 0.1) is 4.92 Å². The van der Waals surface area contributed by atoms with Gasteiger partial charge in [0.1, 0.15) is 6.61 Å². The van der Waals surface area contributed by atoms with Crippen LogP contribution >= 0.6 is 0 Å². The van der Waals surface area contributed by atoms with Crippen LogP contribution in [0.3, 0.4) is 0 Å². The van der Waals surface area contributed by atoms with E-state index in [1.807, 2.05) is 0 Å². The predicted octanol–water partition coefficient (Wildman–Crippen LogP) is 1.98. The summed E-state index contributed by atoms with van der Waals surface area (Å²) in [5.74, 6) is -0.583. The van der Waals surface area contributed by atoms with Crippen LogP contribution in [0.2, 0.25) is 0 Å². The van der Waals surface area contributed by atoms with E-state index in [9.17, 15) is 24.8 Å². The number of amides is 2.